The number of nitrogens with two attached hydrogens (primary N) is 1. The van der Waals surface area contributed by atoms with Crippen molar-refractivity contribution >= 4 is 28.9 Å². The van der Waals surface area contributed by atoms with Crippen LogP contribution in [0.25, 0.3) is 0 Å². The molecule has 0 aromatic carbocycles. The zero-order chi connectivity index (χ0) is 10.8. The summed E-state index contributed by atoms with van der Waals surface area (Å²) in [4.78, 5) is 7.55. The normalized spacial score (nSPS) is 10.5. The van der Waals surface area contributed by atoms with Crippen LogP contribution in [0.2, 0.25) is 0 Å². The van der Waals surface area contributed by atoms with Gasteiger partial charge in [0.2, 0.25) is 0 Å². The van der Waals surface area contributed by atoms with Gasteiger partial charge in [-0.15, -0.1) is 11.3 Å². The molecule has 0 fully saturated rings. The second-order valence-electron chi connectivity index (χ2n) is 2.54. The van der Waals surface area contributed by atoms with Gasteiger partial charge in [-0.05, 0) is 11.8 Å². The molecule has 0 radical (unpaired) electrons. The van der Waals surface area contributed by atoms with Gasteiger partial charge in [0.15, 0.2) is 21.8 Å². The Morgan fingerprint density at radius 3 is 2.80 bits per heavy atom. The first kappa shape index (κ1) is 10.3. The number of nitrogens with zero attached hydrogens (tertiary/aromatic N) is 2. The molecule has 7 heteroatoms. The van der Waals surface area contributed by atoms with E-state index in [9.17, 15) is 8.78 Å². The molecule has 0 saturated carbocycles. The molecular formula is C8H5F2N3S2. The topological polar surface area (TPSA) is 51.8 Å². The molecule has 0 aliphatic rings. The highest BCUT2D eigenvalue weighted by Gasteiger charge is 2.11. The molecule has 0 unspecified atom stereocenters. The Morgan fingerprint density at radius 2 is 2.13 bits per heavy atom. The van der Waals surface area contributed by atoms with E-state index in [4.69, 9.17) is 5.73 Å². The molecule has 2 N–H and O–H groups in total. The summed E-state index contributed by atoms with van der Waals surface area (Å²) in [6.07, 6.45) is 1.60. The predicted octanol–water partition coefficient (Wildman–Crippen LogP) is 2.55. The van der Waals surface area contributed by atoms with Gasteiger partial charge < -0.3 is 5.73 Å². The number of thiazole rings is 1. The fraction of sp³-hybridized carbons (Fsp3) is 0. The van der Waals surface area contributed by atoms with Gasteiger partial charge in [0.05, 0.1) is 0 Å². The second kappa shape index (κ2) is 4.11. The molecule has 0 saturated heterocycles. The van der Waals surface area contributed by atoms with Crippen molar-refractivity contribution in [1.82, 2.24) is 9.97 Å². The van der Waals surface area contributed by atoms with Crippen molar-refractivity contribution in [2.24, 2.45) is 0 Å². The highest BCUT2D eigenvalue weighted by molar-refractivity contribution is 8.01. The van der Waals surface area contributed by atoms with Crippen molar-refractivity contribution < 1.29 is 8.78 Å². The molecule has 0 atom stereocenters. The lowest BCUT2D eigenvalue weighted by Crippen LogP contribution is -1.98. The Labute approximate surface area is 92.4 Å². The monoisotopic (exact) mass is 245 g/mol. The van der Waals surface area contributed by atoms with Crippen LogP contribution in [0, 0.1) is 11.6 Å². The van der Waals surface area contributed by atoms with Gasteiger partial charge in [0.1, 0.15) is 5.03 Å². The van der Waals surface area contributed by atoms with E-state index in [2.05, 4.69) is 9.97 Å². The third-order valence-electron chi connectivity index (χ3n) is 1.52. The van der Waals surface area contributed by atoms with Crippen LogP contribution in [0.4, 0.5) is 14.6 Å². The highest BCUT2D eigenvalue weighted by Crippen LogP contribution is 2.30. The molecule has 0 bridgehead atoms. The molecule has 15 heavy (non-hydrogen) atoms. The molecule has 78 valence electrons. The van der Waals surface area contributed by atoms with Crippen molar-refractivity contribution in [3.05, 3.63) is 29.3 Å². The van der Waals surface area contributed by atoms with Gasteiger partial charge in [-0.3, -0.25) is 0 Å². The molecule has 2 rings (SSSR count). The first-order valence-electron chi connectivity index (χ1n) is 3.85. The maximum Gasteiger partial charge on any atom is 0.168 e. The lowest BCUT2D eigenvalue weighted by Gasteiger charge is -2.01. The van der Waals surface area contributed by atoms with E-state index < -0.39 is 11.6 Å². The highest BCUT2D eigenvalue weighted by atomic mass is 32.2. The summed E-state index contributed by atoms with van der Waals surface area (Å²) >= 11 is 2.37. The van der Waals surface area contributed by atoms with Crippen molar-refractivity contribution in [1.29, 1.82) is 0 Å². The smallest absolute Gasteiger partial charge is 0.168 e. The van der Waals surface area contributed by atoms with E-state index in [1.54, 1.807) is 11.6 Å². The molecule has 2 aromatic rings. The van der Waals surface area contributed by atoms with Crippen LogP contribution in [0.5, 0.6) is 0 Å². The molecule has 2 heterocycles. The average Bonchev–Trinajstić information content (AvgIpc) is 2.67. The summed E-state index contributed by atoms with van der Waals surface area (Å²) < 4.78 is 26.6. The average molecular weight is 245 g/mol. The predicted molar refractivity (Wildman–Crippen MR) is 54.8 cm³/mol. The van der Waals surface area contributed by atoms with Crippen LogP contribution in [-0.2, 0) is 0 Å². The zero-order valence-electron chi connectivity index (χ0n) is 7.28. The van der Waals surface area contributed by atoms with E-state index in [0.717, 1.165) is 17.8 Å². The van der Waals surface area contributed by atoms with Crippen LogP contribution in [0.15, 0.2) is 27.0 Å². The van der Waals surface area contributed by atoms with E-state index in [1.807, 2.05) is 0 Å². The van der Waals surface area contributed by atoms with Crippen LogP contribution in [0.1, 0.15) is 0 Å². The third-order valence-corrected chi connectivity index (χ3v) is 3.38. The van der Waals surface area contributed by atoms with E-state index in [0.29, 0.717) is 4.34 Å². The lowest BCUT2D eigenvalue weighted by atomic mass is 10.4. The number of anilines is 1. The van der Waals surface area contributed by atoms with Crippen molar-refractivity contribution in [2.45, 2.75) is 9.37 Å². The third kappa shape index (κ3) is 2.24. The molecular weight excluding hydrogens is 240 g/mol. The fourth-order valence-corrected chi connectivity index (χ4v) is 2.41. The van der Waals surface area contributed by atoms with Crippen LogP contribution in [0.3, 0.4) is 0 Å². The minimum Gasteiger partial charge on any atom is -0.381 e. The number of nitrogen functional groups attached to an aromatic ring is 1. The minimum atomic E-state index is -0.851. The van der Waals surface area contributed by atoms with Gasteiger partial charge >= 0.3 is 0 Å². The number of pyridine rings is 1. The summed E-state index contributed by atoms with van der Waals surface area (Å²) in [5.74, 6) is -1.90. The van der Waals surface area contributed by atoms with Crippen LogP contribution >= 0.6 is 23.1 Å². The van der Waals surface area contributed by atoms with Gasteiger partial charge in [-0.1, -0.05) is 0 Å². The van der Waals surface area contributed by atoms with Gasteiger partial charge in [-0.2, -0.15) is 0 Å². The van der Waals surface area contributed by atoms with E-state index in [-0.39, 0.29) is 10.8 Å². The van der Waals surface area contributed by atoms with Crippen molar-refractivity contribution in [2.75, 3.05) is 5.73 Å². The Bertz CT molecular complexity index is 473. The number of aromatic nitrogens is 2. The largest absolute Gasteiger partial charge is 0.381 e. The maximum atomic E-state index is 13.2. The molecule has 0 aliphatic carbocycles. The molecule has 0 amide bonds. The summed E-state index contributed by atoms with van der Waals surface area (Å²) in [5.41, 5.74) is 5.24. The first-order chi connectivity index (χ1) is 7.16. The van der Waals surface area contributed by atoms with E-state index >= 15 is 0 Å². The Kier molecular flexibility index (Phi) is 2.83. The SMILES string of the molecule is Nc1nc(Sc2nccs2)c(F)cc1F. The fourth-order valence-electron chi connectivity index (χ4n) is 0.878. The summed E-state index contributed by atoms with van der Waals surface area (Å²) in [7, 11) is 0. The number of halogens is 2. The second-order valence-corrected chi connectivity index (χ2v) is 4.67. The summed E-state index contributed by atoms with van der Waals surface area (Å²) in [5, 5.41) is 1.79. The standard InChI is InChI=1S/C8H5F2N3S2/c9-4-3-5(10)7(13-6(4)11)15-8-12-1-2-14-8/h1-3H,(H2,11,13). The molecule has 3 nitrogen and oxygen atoms in total. The van der Waals surface area contributed by atoms with E-state index in [1.165, 1.54) is 11.3 Å². The molecule has 0 spiro atoms. The summed E-state index contributed by atoms with van der Waals surface area (Å²) in [6.45, 7) is 0. The van der Waals surface area contributed by atoms with Crippen molar-refractivity contribution in [3.63, 3.8) is 0 Å². The Hall–Kier alpha value is -1.21. The number of rotatable bonds is 2. The zero-order valence-corrected chi connectivity index (χ0v) is 8.91. The minimum absolute atomic E-state index is 0.0313. The quantitative estimate of drug-likeness (QED) is 0.883. The summed E-state index contributed by atoms with van der Waals surface area (Å²) in [6, 6.07) is 0.721. The van der Waals surface area contributed by atoms with Gasteiger partial charge in [0.25, 0.3) is 0 Å². The van der Waals surface area contributed by atoms with Crippen LogP contribution in [-0.4, -0.2) is 9.97 Å². The Balaban J connectivity index is 2.33. The maximum absolute atomic E-state index is 13.2. The van der Waals surface area contributed by atoms with Crippen LogP contribution < -0.4 is 5.73 Å². The lowest BCUT2D eigenvalue weighted by molar-refractivity contribution is 0.552. The molecule has 2 aromatic heterocycles. The number of hydrogen-bond acceptors (Lipinski definition) is 5. The van der Waals surface area contributed by atoms with Crippen molar-refractivity contribution in [3.8, 4) is 0 Å². The van der Waals surface area contributed by atoms with Gasteiger partial charge in [0, 0.05) is 17.6 Å². The van der Waals surface area contributed by atoms with Gasteiger partial charge in [-0.25, -0.2) is 18.7 Å². The first-order valence-corrected chi connectivity index (χ1v) is 5.55. The number of hydrogen-bond donors (Lipinski definition) is 1. The molecule has 0 aliphatic heterocycles. The Morgan fingerprint density at radius 1 is 1.33 bits per heavy atom.